The summed E-state index contributed by atoms with van der Waals surface area (Å²) in [6, 6.07) is 7.03. The Hall–Kier alpha value is -2.58. The van der Waals surface area contributed by atoms with Crippen LogP contribution in [0.1, 0.15) is 17.0 Å². The van der Waals surface area contributed by atoms with E-state index in [2.05, 4.69) is 4.98 Å². The lowest BCUT2D eigenvalue weighted by Crippen LogP contribution is -2.41. The Morgan fingerprint density at radius 3 is 2.89 bits per heavy atom. The van der Waals surface area contributed by atoms with Crippen LogP contribution < -0.4 is 4.90 Å². The molecule has 0 saturated carbocycles. The maximum absolute atomic E-state index is 14.0. The van der Waals surface area contributed by atoms with Crippen LogP contribution in [0.25, 0.3) is 10.2 Å². The van der Waals surface area contributed by atoms with Crippen molar-refractivity contribution < 1.29 is 23.5 Å². The molecule has 4 rings (SSSR count). The number of fused-ring (bicyclic) bond motifs is 2. The average molecular weight is 423 g/mol. The van der Waals surface area contributed by atoms with Crippen LogP contribution in [0, 0.1) is 17.6 Å². The SMILES string of the molecule is O=C(O)CC1Cc2c(Cl)cccc2N(Cc2nc3cc(F)cc(F)c3s2)C1=O. The third-order valence-corrected chi connectivity index (χ3v) is 6.04. The molecule has 0 bridgehead atoms. The van der Waals surface area contributed by atoms with Gasteiger partial charge in [0.1, 0.15) is 16.6 Å². The lowest BCUT2D eigenvalue weighted by molar-refractivity contribution is -0.140. The van der Waals surface area contributed by atoms with Crippen molar-refractivity contribution in [2.24, 2.45) is 5.92 Å². The molecule has 144 valence electrons. The van der Waals surface area contributed by atoms with Gasteiger partial charge >= 0.3 is 5.97 Å². The zero-order chi connectivity index (χ0) is 20.0. The number of carbonyl (C=O) groups is 2. The van der Waals surface area contributed by atoms with Crippen molar-refractivity contribution in [3.8, 4) is 0 Å². The molecule has 2 aromatic carbocycles. The number of rotatable bonds is 4. The number of hydrogen-bond acceptors (Lipinski definition) is 4. The molecule has 0 saturated heterocycles. The van der Waals surface area contributed by atoms with E-state index >= 15 is 0 Å². The van der Waals surface area contributed by atoms with Crippen molar-refractivity contribution in [2.45, 2.75) is 19.4 Å². The van der Waals surface area contributed by atoms with E-state index in [9.17, 15) is 18.4 Å². The zero-order valence-corrected chi connectivity index (χ0v) is 15.9. The summed E-state index contributed by atoms with van der Waals surface area (Å²) in [4.78, 5) is 29.8. The van der Waals surface area contributed by atoms with Gasteiger partial charge in [-0.05, 0) is 24.1 Å². The minimum atomic E-state index is -1.08. The van der Waals surface area contributed by atoms with E-state index in [-0.39, 0.29) is 35.5 Å². The molecule has 9 heteroatoms. The van der Waals surface area contributed by atoms with Crippen molar-refractivity contribution in [1.82, 2.24) is 4.98 Å². The highest BCUT2D eigenvalue weighted by Crippen LogP contribution is 2.38. The quantitative estimate of drug-likeness (QED) is 0.676. The summed E-state index contributed by atoms with van der Waals surface area (Å²) in [6.07, 6.45) is -0.0873. The third-order valence-electron chi connectivity index (χ3n) is 4.62. The molecular weight excluding hydrogens is 410 g/mol. The number of amides is 1. The van der Waals surface area contributed by atoms with Crippen LogP contribution in [0.15, 0.2) is 30.3 Å². The average Bonchev–Trinajstić information content (AvgIpc) is 3.02. The van der Waals surface area contributed by atoms with Crippen LogP contribution >= 0.6 is 22.9 Å². The summed E-state index contributed by atoms with van der Waals surface area (Å²) >= 11 is 7.30. The minimum Gasteiger partial charge on any atom is -0.481 e. The van der Waals surface area contributed by atoms with Crippen LogP contribution in [0.2, 0.25) is 5.02 Å². The molecule has 0 radical (unpaired) electrons. The fraction of sp³-hybridized carbons (Fsp3) is 0.211. The van der Waals surface area contributed by atoms with Crippen molar-refractivity contribution in [3.05, 3.63) is 57.6 Å². The summed E-state index contributed by atoms with van der Waals surface area (Å²) in [5, 5.41) is 10.00. The van der Waals surface area contributed by atoms with Gasteiger partial charge in [-0.1, -0.05) is 17.7 Å². The van der Waals surface area contributed by atoms with Crippen LogP contribution in [0.4, 0.5) is 14.5 Å². The first-order valence-electron chi connectivity index (χ1n) is 8.38. The number of carboxylic acid groups (broad SMARTS) is 1. The molecule has 1 unspecified atom stereocenters. The predicted octanol–water partition coefficient (Wildman–Crippen LogP) is 4.41. The van der Waals surface area contributed by atoms with Gasteiger partial charge in [-0.2, -0.15) is 0 Å². The molecule has 2 heterocycles. The number of aliphatic carboxylic acids is 1. The van der Waals surface area contributed by atoms with Crippen molar-refractivity contribution in [2.75, 3.05) is 4.90 Å². The lowest BCUT2D eigenvalue weighted by Gasteiger charge is -2.33. The maximum atomic E-state index is 14.0. The second-order valence-corrected chi connectivity index (χ2v) is 8.00. The van der Waals surface area contributed by atoms with Crippen molar-refractivity contribution in [3.63, 3.8) is 0 Å². The third kappa shape index (κ3) is 3.33. The van der Waals surface area contributed by atoms with Crippen LogP contribution in [-0.4, -0.2) is 22.0 Å². The summed E-state index contributed by atoms with van der Waals surface area (Å²) in [5.41, 5.74) is 1.44. The van der Waals surface area contributed by atoms with Gasteiger partial charge in [0.25, 0.3) is 0 Å². The number of carbonyl (C=O) groups excluding carboxylic acids is 1. The monoisotopic (exact) mass is 422 g/mol. The molecule has 0 aliphatic carbocycles. The largest absolute Gasteiger partial charge is 0.481 e. The zero-order valence-electron chi connectivity index (χ0n) is 14.3. The van der Waals surface area contributed by atoms with E-state index in [0.29, 0.717) is 21.3 Å². The van der Waals surface area contributed by atoms with E-state index in [1.807, 2.05) is 0 Å². The molecule has 3 aromatic rings. The normalized spacial score (nSPS) is 16.5. The summed E-state index contributed by atoms with van der Waals surface area (Å²) < 4.78 is 27.6. The second-order valence-electron chi connectivity index (χ2n) is 6.50. The van der Waals surface area contributed by atoms with Gasteiger partial charge < -0.3 is 10.0 Å². The number of carboxylic acids is 1. The number of halogens is 3. The van der Waals surface area contributed by atoms with E-state index < -0.39 is 23.5 Å². The number of benzene rings is 2. The minimum absolute atomic E-state index is 0.0166. The topological polar surface area (TPSA) is 70.5 Å². The summed E-state index contributed by atoms with van der Waals surface area (Å²) in [6.45, 7) is 0.0166. The van der Waals surface area contributed by atoms with E-state index in [0.717, 1.165) is 23.5 Å². The lowest BCUT2D eigenvalue weighted by atomic mass is 9.89. The fourth-order valence-corrected chi connectivity index (χ4v) is 4.60. The second kappa shape index (κ2) is 7.10. The summed E-state index contributed by atoms with van der Waals surface area (Å²) in [7, 11) is 0. The Morgan fingerprint density at radius 2 is 2.14 bits per heavy atom. The molecule has 1 atom stereocenters. The molecule has 1 aromatic heterocycles. The number of nitrogens with zero attached hydrogens (tertiary/aromatic N) is 2. The molecule has 0 fully saturated rings. The number of aromatic nitrogens is 1. The van der Waals surface area contributed by atoms with E-state index in [4.69, 9.17) is 16.7 Å². The fourth-order valence-electron chi connectivity index (χ4n) is 3.42. The Balaban J connectivity index is 1.75. The Morgan fingerprint density at radius 1 is 1.36 bits per heavy atom. The molecule has 1 aliphatic rings. The molecule has 0 spiro atoms. The first-order valence-corrected chi connectivity index (χ1v) is 9.58. The smallest absolute Gasteiger partial charge is 0.304 e. The number of hydrogen-bond donors (Lipinski definition) is 1. The first-order chi connectivity index (χ1) is 13.3. The van der Waals surface area contributed by atoms with Crippen molar-refractivity contribution in [1.29, 1.82) is 0 Å². The first kappa shape index (κ1) is 18.8. The van der Waals surface area contributed by atoms with Gasteiger partial charge in [-0.3, -0.25) is 9.59 Å². The van der Waals surface area contributed by atoms with Gasteiger partial charge in [0, 0.05) is 22.8 Å². The predicted molar refractivity (Wildman–Crippen MR) is 102 cm³/mol. The van der Waals surface area contributed by atoms with E-state index in [1.54, 1.807) is 18.2 Å². The number of thiazole rings is 1. The highest BCUT2D eigenvalue weighted by Gasteiger charge is 2.35. The molecular formula is C19H13ClF2N2O3S. The molecule has 1 aliphatic heterocycles. The van der Waals surface area contributed by atoms with Crippen LogP contribution in [0.5, 0.6) is 0 Å². The highest BCUT2D eigenvalue weighted by atomic mass is 35.5. The van der Waals surface area contributed by atoms with Gasteiger partial charge in [0.2, 0.25) is 5.91 Å². The standard InChI is InChI=1S/C19H13ClF2N2O3S/c20-12-2-1-3-15-11(12)4-9(5-17(25)26)19(27)24(15)8-16-23-14-7-10(21)6-13(22)18(14)28-16/h1-3,6-7,9H,4-5,8H2,(H,25,26). The molecule has 1 N–H and O–H groups in total. The maximum Gasteiger partial charge on any atom is 0.304 e. The van der Waals surface area contributed by atoms with Gasteiger partial charge in [-0.15, -0.1) is 11.3 Å². The van der Waals surface area contributed by atoms with Gasteiger partial charge in [-0.25, -0.2) is 13.8 Å². The van der Waals surface area contributed by atoms with Crippen molar-refractivity contribution >= 4 is 50.7 Å². The Labute approximate surface area is 167 Å². The Bertz CT molecular complexity index is 1120. The van der Waals surface area contributed by atoms with Crippen LogP contribution in [-0.2, 0) is 22.6 Å². The molecule has 28 heavy (non-hydrogen) atoms. The van der Waals surface area contributed by atoms with Gasteiger partial charge in [0.05, 0.1) is 29.1 Å². The molecule has 5 nitrogen and oxygen atoms in total. The summed E-state index contributed by atoms with van der Waals surface area (Å²) in [5.74, 6) is -3.63. The Kier molecular flexibility index (Phi) is 4.76. The molecule has 1 amide bonds. The van der Waals surface area contributed by atoms with Gasteiger partial charge in [0.15, 0.2) is 0 Å². The number of anilines is 1. The van der Waals surface area contributed by atoms with Crippen LogP contribution in [0.3, 0.4) is 0 Å². The van der Waals surface area contributed by atoms with E-state index in [1.165, 1.54) is 4.90 Å². The highest BCUT2D eigenvalue weighted by molar-refractivity contribution is 7.18.